The van der Waals surface area contributed by atoms with Crippen LogP contribution in [-0.4, -0.2) is 36.3 Å². The molecule has 0 spiro atoms. The second-order valence-electron chi connectivity index (χ2n) is 2.93. The van der Waals surface area contributed by atoms with Gasteiger partial charge in [-0.25, -0.2) is 0 Å². The Bertz CT molecular complexity index is 260. The van der Waals surface area contributed by atoms with Crippen molar-refractivity contribution < 1.29 is 26.5 Å². The molecular weight excluding hydrogens is 256 g/mol. The first-order chi connectivity index (χ1) is 5.81. The maximum absolute atomic E-state index is 5.48. The van der Waals surface area contributed by atoms with E-state index in [4.69, 9.17) is 9.47 Å². The van der Waals surface area contributed by atoms with Gasteiger partial charge in [-0.2, -0.15) is 30.3 Å². The normalized spacial score (nSPS) is 18.1. The molecule has 2 rings (SSSR count). The van der Waals surface area contributed by atoms with Crippen molar-refractivity contribution in [1.82, 2.24) is 0 Å². The number of rotatable bonds is 1. The van der Waals surface area contributed by atoms with E-state index in [-0.39, 0.29) is 40.0 Å². The van der Waals surface area contributed by atoms with Gasteiger partial charge in [-0.15, -0.1) is 0 Å². The molecule has 0 N–H and O–H groups in total. The number of benzene rings is 1. The summed E-state index contributed by atoms with van der Waals surface area (Å²) < 4.78 is 11.0. The van der Waals surface area contributed by atoms with Gasteiger partial charge in [0.1, 0.15) is 5.79 Å². The van der Waals surface area contributed by atoms with Crippen molar-refractivity contribution in [2.45, 2.75) is 12.7 Å². The van der Waals surface area contributed by atoms with E-state index < -0.39 is 5.79 Å². The van der Waals surface area contributed by atoms with Crippen LogP contribution >= 0.6 is 0 Å². The molecule has 0 radical (unpaired) electrons. The fourth-order valence-corrected chi connectivity index (χ4v) is 1.36. The Hall–Kier alpha value is 0.386. The van der Waals surface area contributed by atoms with Crippen LogP contribution in [-0.2, 0) is 15.3 Å². The third-order valence-electron chi connectivity index (χ3n) is 2.07. The summed E-state index contributed by atoms with van der Waals surface area (Å²) in [5.41, 5.74) is 1.03. The van der Waals surface area contributed by atoms with Crippen molar-refractivity contribution in [3.05, 3.63) is 35.9 Å². The van der Waals surface area contributed by atoms with Crippen molar-refractivity contribution in [2.24, 2.45) is 0 Å². The fraction of sp³-hybridized carbons (Fsp3) is 0.400. The van der Waals surface area contributed by atoms with Gasteiger partial charge in [0.15, 0.2) is 0 Å². The van der Waals surface area contributed by atoms with Crippen LogP contribution < -0.4 is 17.0 Å². The van der Waals surface area contributed by atoms with Crippen LogP contribution in [0.25, 0.3) is 0 Å². The zero-order valence-electron chi connectivity index (χ0n) is 8.13. The number of hydrogen-bond acceptors (Lipinski definition) is 2. The first-order valence-electron chi connectivity index (χ1n) is 4.06. The number of halogens is 1. The third-order valence-corrected chi connectivity index (χ3v) is 2.07. The second-order valence-corrected chi connectivity index (χ2v) is 2.93. The maximum atomic E-state index is 5.48. The molecule has 0 atom stereocenters. The van der Waals surface area contributed by atoms with Crippen molar-refractivity contribution in [3.8, 4) is 0 Å². The summed E-state index contributed by atoms with van der Waals surface area (Å²) in [7, 11) is 0. The molecule has 1 aliphatic rings. The van der Waals surface area contributed by atoms with Gasteiger partial charge in [-0.3, -0.25) is 0 Å². The molecule has 1 aromatic carbocycles. The first-order valence-corrected chi connectivity index (χ1v) is 4.06. The van der Waals surface area contributed by atoms with E-state index in [1.807, 2.05) is 31.2 Å². The van der Waals surface area contributed by atoms with Gasteiger partial charge >= 0.3 is 23.1 Å². The van der Waals surface area contributed by atoms with Crippen LogP contribution in [0, 0.1) is 6.07 Å². The van der Waals surface area contributed by atoms with Crippen LogP contribution in [0.3, 0.4) is 0 Å². The number of ether oxygens (including phenoxy) is 2. The Kier molecular flexibility index (Phi) is 6.24. The third kappa shape index (κ3) is 2.94. The molecule has 1 fully saturated rings. The zero-order chi connectivity index (χ0) is 8.44. The Balaban J connectivity index is 0.000000845. The minimum atomic E-state index is -0.544. The zero-order valence-corrected chi connectivity index (χ0v) is 11.1. The Labute approximate surface area is 111 Å². The van der Waals surface area contributed by atoms with E-state index in [0.29, 0.717) is 13.2 Å². The number of hydrogen-bond donors (Lipinski definition) is 0. The molecule has 14 heavy (non-hydrogen) atoms. The van der Waals surface area contributed by atoms with Gasteiger partial charge < -0.3 is 26.5 Å². The maximum Gasteiger partial charge on any atom is 2.00 e. The standard InChI is InChI=1S/C10H11O2.BrH.Mg/c1-10(11-7-8-12-10)9-5-3-2-4-6-9;;/h2-3,5-6H,7-8H2,1H3;1H;/q-1;;+2/p-1. The summed E-state index contributed by atoms with van der Waals surface area (Å²) in [6.45, 7) is 3.28. The summed E-state index contributed by atoms with van der Waals surface area (Å²) in [5.74, 6) is -0.544. The van der Waals surface area contributed by atoms with Gasteiger partial charge in [0.25, 0.3) is 0 Å². The molecule has 72 valence electrons. The van der Waals surface area contributed by atoms with Gasteiger partial charge in [0.05, 0.1) is 13.2 Å². The monoisotopic (exact) mass is 266 g/mol. The van der Waals surface area contributed by atoms with Crippen LogP contribution in [0.4, 0.5) is 0 Å². The van der Waals surface area contributed by atoms with Crippen molar-refractivity contribution in [3.63, 3.8) is 0 Å². The predicted molar refractivity (Wildman–Crippen MR) is 50.3 cm³/mol. The first kappa shape index (κ1) is 14.4. The molecular formula is C10H11BrMgO2. The topological polar surface area (TPSA) is 18.5 Å². The van der Waals surface area contributed by atoms with Crippen LogP contribution in [0.5, 0.6) is 0 Å². The van der Waals surface area contributed by atoms with E-state index in [0.717, 1.165) is 5.56 Å². The smallest absolute Gasteiger partial charge is 1.00 e. The summed E-state index contributed by atoms with van der Waals surface area (Å²) in [5, 5.41) is 0. The molecule has 1 saturated heterocycles. The van der Waals surface area contributed by atoms with Crippen molar-refractivity contribution in [2.75, 3.05) is 13.2 Å². The van der Waals surface area contributed by atoms with Crippen LogP contribution in [0.2, 0.25) is 0 Å². The predicted octanol–water partition coefficient (Wildman–Crippen LogP) is -1.67. The molecule has 0 unspecified atom stereocenters. The fourth-order valence-electron chi connectivity index (χ4n) is 1.36. The van der Waals surface area contributed by atoms with Crippen molar-refractivity contribution in [1.29, 1.82) is 0 Å². The average Bonchev–Trinajstić information content (AvgIpc) is 2.55. The largest absolute Gasteiger partial charge is 2.00 e. The van der Waals surface area contributed by atoms with E-state index in [1.54, 1.807) is 0 Å². The second kappa shape index (κ2) is 6.08. The van der Waals surface area contributed by atoms with E-state index >= 15 is 0 Å². The molecule has 1 aromatic rings. The van der Waals surface area contributed by atoms with Gasteiger partial charge in [0, 0.05) is 0 Å². The SMILES string of the molecule is CC1(c2c[c-]ccc2)OCCO1.[Br-].[Mg+2]. The molecule has 0 aliphatic carbocycles. The molecule has 0 aromatic heterocycles. The molecule has 0 bridgehead atoms. The minimum absolute atomic E-state index is 0. The van der Waals surface area contributed by atoms with Gasteiger partial charge in [-0.05, 0) is 6.92 Å². The van der Waals surface area contributed by atoms with E-state index in [9.17, 15) is 0 Å². The molecule has 1 aliphatic heterocycles. The molecule has 1 heterocycles. The summed E-state index contributed by atoms with van der Waals surface area (Å²) in [4.78, 5) is 0. The Morgan fingerprint density at radius 3 is 2.50 bits per heavy atom. The van der Waals surface area contributed by atoms with Crippen LogP contribution in [0.15, 0.2) is 24.3 Å². The molecule has 2 nitrogen and oxygen atoms in total. The Morgan fingerprint density at radius 2 is 2.00 bits per heavy atom. The quantitative estimate of drug-likeness (QED) is 0.447. The summed E-state index contributed by atoms with van der Waals surface area (Å²) >= 11 is 0. The van der Waals surface area contributed by atoms with Gasteiger partial charge in [-0.1, -0.05) is 5.56 Å². The Morgan fingerprint density at radius 1 is 1.36 bits per heavy atom. The average molecular weight is 267 g/mol. The minimum Gasteiger partial charge on any atom is -1.00 e. The molecule has 0 saturated carbocycles. The summed E-state index contributed by atoms with van der Waals surface area (Å²) in [6.07, 6.45) is 0. The van der Waals surface area contributed by atoms with E-state index in [1.165, 1.54) is 0 Å². The van der Waals surface area contributed by atoms with Crippen molar-refractivity contribution >= 4 is 23.1 Å². The van der Waals surface area contributed by atoms with E-state index in [2.05, 4.69) is 6.07 Å². The van der Waals surface area contributed by atoms with Crippen LogP contribution in [0.1, 0.15) is 12.5 Å². The molecule has 0 amide bonds. The molecule has 4 heteroatoms. The van der Waals surface area contributed by atoms with Gasteiger partial charge in [0.2, 0.25) is 0 Å². The summed E-state index contributed by atoms with van der Waals surface area (Å²) in [6, 6.07) is 10.7.